The number of carbonyl (C=O) groups excluding carboxylic acids is 1. The molecule has 0 atom stereocenters. The highest BCUT2D eigenvalue weighted by Gasteiger charge is 2.22. The summed E-state index contributed by atoms with van der Waals surface area (Å²) in [6, 6.07) is 2.87. The van der Waals surface area contributed by atoms with Crippen LogP contribution in [0, 0.1) is 0 Å². The van der Waals surface area contributed by atoms with Crippen molar-refractivity contribution in [2.75, 3.05) is 6.54 Å². The van der Waals surface area contributed by atoms with E-state index in [1.807, 2.05) is 6.92 Å². The van der Waals surface area contributed by atoms with Crippen molar-refractivity contribution in [3.63, 3.8) is 0 Å². The predicted octanol–water partition coefficient (Wildman–Crippen LogP) is 1.64. The standard InChI is InChI=1S/C15H12ClN7O2/c1-2-17-15(25)23-13-9(7-20-23)12-10(6-19-13)14(24)22(21-12)11-4-3-8(16)5-18-11/h3-7,19H,2H2,1H3,(H,17,25). The molecule has 2 N–H and O–H groups in total. The zero-order chi connectivity index (χ0) is 17.6. The van der Waals surface area contributed by atoms with Crippen molar-refractivity contribution in [2.24, 2.45) is 0 Å². The summed E-state index contributed by atoms with van der Waals surface area (Å²) >= 11 is 5.83. The molecule has 0 saturated heterocycles. The first-order valence-electron chi connectivity index (χ1n) is 7.48. The number of nitrogens with one attached hydrogen (secondary N) is 2. The maximum absolute atomic E-state index is 12.6. The molecule has 0 aromatic carbocycles. The Hall–Kier alpha value is -3.20. The molecule has 0 fully saturated rings. The van der Waals surface area contributed by atoms with Gasteiger partial charge in [-0.3, -0.25) is 4.79 Å². The number of H-pyrrole nitrogens is 1. The van der Waals surface area contributed by atoms with E-state index in [0.717, 1.165) is 0 Å². The summed E-state index contributed by atoms with van der Waals surface area (Å²) < 4.78 is 2.39. The smallest absolute Gasteiger partial charge is 0.344 e. The van der Waals surface area contributed by atoms with Crippen LogP contribution < -0.4 is 10.9 Å². The van der Waals surface area contributed by atoms with E-state index in [-0.39, 0.29) is 11.6 Å². The number of rotatable bonds is 2. The van der Waals surface area contributed by atoms with Gasteiger partial charge in [0.15, 0.2) is 5.82 Å². The zero-order valence-electron chi connectivity index (χ0n) is 13.0. The van der Waals surface area contributed by atoms with Crippen LogP contribution in [-0.4, -0.2) is 42.1 Å². The third-order valence-corrected chi connectivity index (χ3v) is 3.93. The minimum Gasteiger partial charge on any atom is -0.345 e. The summed E-state index contributed by atoms with van der Waals surface area (Å²) in [4.78, 5) is 31.7. The first kappa shape index (κ1) is 15.3. The summed E-state index contributed by atoms with van der Waals surface area (Å²) in [5.41, 5.74) is 0.937. The van der Waals surface area contributed by atoms with Gasteiger partial charge in [-0.05, 0) is 19.1 Å². The van der Waals surface area contributed by atoms with Gasteiger partial charge < -0.3 is 10.3 Å². The van der Waals surface area contributed by atoms with Crippen molar-refractivity contribution < 1.29 is 4.79 Å². The van der Waals surface area contributed by atoms with Gasteiger partial charge in [-0.2, -0.15) is 19.6 Å². The zero-order valence-corrected chi connectivity index (χ0v) is 13.8. The van der Waals surface area contributed by atoms with Gasteiger partial charge in [-0.1, -0.05) is 11.6 Å². The SMILES string of the molecule is CCNC(=O)n1ncc2c3nn(-c4ccc(Cl)cn4)c(=O)c-3c[nH]c21. The molecule has 1 amide bonds. The largest absolute Gasteiger partial charge is 0.345 e. The van der Waals surface area contributed by atoms with Crippen LogP contribution >= 0.6 is 11.6 Å². The van der Waals surface area contributed by atoms with E-state index < -0.39 is 0 Å². The van der Waals surface area contributed by atoms with Crippen molar-refractivity contribution in [3.05, 3.63) is 46.1 Å². The summed E-state index contributed by atoms with van der Waals surface area (Å²) in [6.07, 6.45) is 4.45. The molecule has 126 valence electrons. The highest BCUT2D eigenvalue weighted by atomic mass is 35.5. The summed E-state index contributed by atoms with van der Waals surface area (Å²) in [6.45, 7) is 2.29. The number of halogens is 1. The lowest BCUT2D eigenvalue weighted by molar-refractivity contribution is 0.241. The molecular weight excluding hydrogens is 346 g/mol. The highest BCUT2D eigenvalue weighted by molar-refractivity contribution is 6.30. The van der Waals surface area contributed by atoms with E-state index in [1.165, 1.54) is 28.0 Å². The third kappa shape index (κ3) is 2.36. The van der Waals surface area contributed by atoms with Crippen molar-refractivity contribution in [1.82, 2.24) is 34.8 Å². The molecule has 0 saturated carbocycles. The molecule has 9 nitrogen and oxygen atoms in total. The maximum atomic E-state index is 12.6. The lowest BCUT2D eigenvalue weighted by atomic mass is 10.2. The van der Waals surface area contributed by atoms with Crippen LogP contribution in [0.25, 0.3) is 28.1 Å². The fourth-order valence-electron chi connectivity index (χ4n) is 2.57. The Bertz CT molecular complexity index is 1110. The van der Waals surface area contributed by atoms with Gasteiger partial charge >= 0.3 is 6.03 Å². The Labute approximate surface area is 145 Å². The van der Waals surface area contributed by atoms with Crippen LogP contribution in [0.4, 0.5) is 4.79 Å². The number of hydrogen-bond donors (Lipinski definition) is 2. The highest BCUT2D eigenvalue weighted by Crippen LogP contribution is 2.25. The molecular formula is C15H12ClN7O2. The van der Waals surface area contributed by atoms with Crippen molar-refractivity contribution in [3.8, 4) is 17.1 Å². The van der Waals surface area contributed by atoms with Gasteiger partial charge in [0.05, 0.1) is 22.2 Å². The first-order valence-corrected chi connectivity index (χ1v) is 7.86. The molecule has 10 heteroatoms. The second kappa shape index (κ2) is 5.71. The number of aromatic amines is 1. The van der Waals surface area contributed by atoms with Crippen LogP contribution in [0.1, 0.15) is 6.92 Å². The average Bonchev–Trinajstić information content (AvgIpc) is 3.17. The number of hydrogen-bond acceptors (Lipinski definition) is 5. The van der Waals surface area contributed by atoms with Gasteiger partial charge in [0.25, 0.3) is 5.56 Å². The van der Waals surface area contributed by atoms with Gasteiger partial charge in [-0.15, -0.1) is 0 Å². The number of pyridine rings is 2. The molecule has 0 aliphatic carbocycles. The fourth-order valence-corrected chi connectivity index (χ4v) is 2.69. The van der Waals surface area contributed by atoms with E-state index in [4.69, 9.17) is 11.6 Å². The third-order valence-electron chi connectivity index (χ3n) is 3.70. The Morgan fingerprint density at radius 1 is 1.36 bits per heavy atom. The van der Waals surface area contributed by atoms with E-state index in [0.29, 0.717) is 39.7 Å². The molecule has 2 aromatic heterocycles. The van der Waals surface area contributed by atoms with Crippen molar-refractivity contribution >= 4 is 28.7 Å². The fraction of sp³-hybridized carbons (Fsp3) is 0.133. The quantitative estimate of drug-likeness (QED) is 0.566. The monoisotopic (exact) mass is 357 g/mol. The number of aromatic nitrogens is 6. The van der Waals surface area contributed by atoms with Crippen LogP contribution in [0.2, 0.25) is 5.02 Å². The summed E-state index contributed by atoms with van der Waals surface area (Å²) in [5, 5.41) is 12.1. The minimum atomic E-state index is -0.366. The molecule has 4 heterocycles. The minimum absolute atomic E-state index is 0.325. The summed E-state index contributed by atoms with van der Waals surface area (Å²) in [5.74, 6) is 0.356. The topological polar surface area (TPSA) is 110 Å². The van der Waals surface area contributed by atoms with Crippen LogP contribution in [-0.2, 0) is 0 Å². The molecule has 0 radical (unpaired) electrons. The molecule has 2 aliphatic rings. The molecule has 4 rings (SSSR count). The second-order valence-corrected chi connectivity index (χ2v) is 5.69. The second-order valence-electron chi connectivity index (χ2n) is 5.26. The van der Waals surface area contributed by atoms with E-state index in [1.54, 1.807) is 12.1 Å². The molecule has 0 bridgehead atoms. The van der Waals surface area contributed by atoms with Crippen LogP contribution in [0.15, 0.2) is 35.5 Å². The Morgan fingerprint density at radius 3 is 2.92 bits per heavy atom. The number of amides is 1. The Balaban J connectivity index is 1.92. The van der Waals surface area contributed by atoms with Gasteiger partial charge in [-0.25, -0.2) is 9.78 Å². The number of carbonyl (C=O) groups is 1. The molecule has 0 spiro atoms. The molecule has 25 heavy (non-hydrogen) atoms. The molecule has 2 aliphatic heterocycles. The lowest BCUT2D eigenvalue weighted by Gasteiger charge is -2.03. The number of nitrogens with zero attached hydrogens (tertiary/aromatic N) is 5. The summed E-state index contributed by atoms with van der Waals surface area (Å²) in [7, 11) is 0. The van der Waals surface area contributed by atoms with E-state index in [9.17, 15) is 9.59 Å². The van der Waals surface area contributed by atoms with Gasteiger partial charge in [0.1, 0.15) is 11.3 Å². The van der Waals surface area contributed by atoms with Gasteiger partial charge in [0, 0.05) is 18.9 Å². The van der Waals surface area contributed by atoms with Crippen molar-refractivity contribution in [2.45, 2.75) is 6.92 Å². The van der Waals surface area contributed by atoms with Crippen molar-refractivity contribution in [1.29, 1.82) is 0 Å². The normalized spacial score (nSPS) is 11.3. The Morgan fingerprint density at radius 2 is 2.20 bits per heavy atom. The van der Waals surface area contributed by atoms with E-state index >= 15 is 0 Å². The molecule has 0 unspecified atom stereocenters. The predicted molar refractivity (Wildman–Crippen MR) is 91.4 cm³/mol. The van der Waals surface area contributed by atoms with Crippen LogP contribution in [0.5, 0.6) is 0 Å². The van der Waals surface area contributed by atoms with E-state index in [2.05, 4.69) is 25.5 Å². The Kier molecular flexibility index (Phi) is 3.50. The lowest BCUT2D eigenvalue weighted by Crippen LogP contribution is -2.29. The van der Waals surface area contributed by atoms with Crippen LogP contribution in [0.3, 0.4) is 0 Å². The first-order chi connectivity index (χ1) is 12.1. The van der Waals surface area contributed by atoms with Gasteiger partial charge in [0.2, 0.25) is 0 Å². The number of fused-ring (bicyclic) bond motifs is 3. The molecule has 2 aromatic rings. The average molecular weight is 358 g/mol. The maximum Gasteiger partial charge on any atom is 0.344 e.